The summed E-state index contributed by atoms with van der Waals surface area (Å²) in [7, 11) is 0. The van der Waals surface area contributed by atoms with E-state index in [4.69, 9.17) is 5.41 Å². The predicted molar refractivity (Wildman–Crippen MR) is 93.4 cm³/mol. The third-order valence-corrected chi connectivity index (χ3v) is 5.53. The Labute approximate surface area is 160 Å². The highest BCUT2D eigenvalue weighted by Gasteiger charge is 2.58. The van der Waals surface area contributed by atoms with Crippen LogP contribution in [-0.2, 0) is 4.79 Å². The monoisotopic (exact) mass is 379 g/mol. The first-order valence-corrected chi connectivity index (χ1v) is 8.52. The van der Waals surface area contributed by atoms with Crippen LogP contribution < -0.4 is 0 Å². The minimum absolute atomic E-state index is 0.0687. The minimum atomic E-state index is -2.11. The maximum atomic E-state index is 14.7. The molecule has 3 rings (SSSR count). The summed E-state index contributed by atoms with van der Waals surface area (Å²) in [5.74, 6) is -5.00. The molecule has 0 radical (unpaired) electrons. The number of nitriles is 3. The van der Waals surface area contributed by atoms with E-state index in [0.29, 0.717) is 11.6 Å². The van der Waals surface area contributed by atoms with Gasteiger partial charge in [0.05, 0.1) is 23.9 Å². The van der Waals surface area contributed by atoms with Crippen molar-refractivity contribution in [2.75, 3.05) is 13.1 Å². The average Bonchev–Trinajstić information content (AvgIpc) is 2.67. The van der Waals surface area contributed by atoms with Gasteiger partial charge in [0.15, 0.2) is 5.41 Å². The Bertz CT molecular complexity index is 1010. The van der Waals surface area contributed by atoms with Crippen LogP contribution in [-0.4, -0.2) is 29.6 Å². The number of amides is 1. The van der Waals surface area contributed by atoms with E-state index in [1.54, 1.807) is 6.08 Å². The molecular weight excluding hydrogens is 364 g/mol. The van der Waals surface area contributed by atoms with Gasteiger partial charge in [-0.05, 0) is 17.2 Å². The van der Waals surface area contributed by atoms with E-state index in [0.717, 1.165) is 12.1 Å². The van der Waals surface area contributed by atoms with Crippen molar-refractivity contribution < 1.29 is 13.6 Å². The number of carbonyl (C=O) groups excluding carboxylic acids is 1. The number of rotatable bonds is 1. The molecule has 0 aromatic heterocycles. The minimum Gasteiger partial charge on any atom is -0.339 e. The molecule has 2 aliphatic rings. The van der Waals surface area contributed by atoms with E-state index in [1.165, 1.54) is 11.8 Å². The summed E-state index contributed by atoms with van der Waals surface area (Å²) >= 11 is 0. The van der Waals surface area contributed by atoms with Crippen LogP contribution in [0.15, 0.2) is 29.8 Å². The normalized spacial score (nSPS) is 25.6. The van der Waals surface area contributed by atoms with Gasteiger partial charge >= 0.3 is 0 Å². The Balaban J connectivity index is 2.30. The number of carbonyl (C=O) groups is 1. The summed E-state index contributed by atoms with van der Waals surface area (Å²) < 4.78 is 28.1. The van der Waals surface area contributed by atoms with Crippen LogP contribution in [0.4, 0.5) is 8.78 Å². The number of halogens is 2. The molecule has 1 amide bonds. The first-order valence-electron chi connectivity index (χ1n) is 8.52. The quantitative estimate of drug-likeness (QED) is 0.755. The Hall–Kier alpha value is -3.57. The number of hydrogen-bond acceptors (Lipinski definition) is 5. The van der Waals surface area contributed by atoms with Crippen LogP contribution in [0.5, 0.6) is 0 Å². The number of fused-ring (bicyclic) bond motifs is 1. The zero-order valence-electron chi connectivity index (χ0n) is 14.9. The van der Waals surface area contributed by atoms with Crippen LogP contribution in [0.2, 0.25) is 0 Å². The van der Waals surface area contributed by atoms with Crippen LogP contribution >= 0.6 is 0 Å². The summed E-state index contributed by atoms with van der Waals surface area (Å²) in [5.41, 5.74) is -2.14. The highest BCUT2D eigenvalue weighted by atomic mass is 19.1. The Morgan fingerprint density at radius 3 is 2.50 bits per heavy atom. The largest absolute Gasteiger partial charge is 0.339 e. The molecule has 1 saturated carbocycles. The van der Waals surface area contributed by atoms with Gasteiger partial charge in [-0.3, -0.25) is 4.79 Å². The van der Waals surface area contributed by atoms with E-state index in [-0.39, 0.29) is 24.6 Å². The maximum absolute atomic E-state index is 14.7. The fraction of sp³-hybridized carbons (Fsp3) is 0.350. The van der Waals surface area contributed by atoms with Crippen LogP contribution in [0.1, 0.15) is 18.4 Å². The van der Waals surface area contributed by atoms with Gasteiger partial charge in [0.25, 0.3) is 0 Å². The molecule has 0 bridgehead atoms. The fourth-order valence-corrected chi connectivity index (χ4v) is 4.16. The van der Waals surface area contributed by atoms with Crippen molar-refractivity contribution in [1.82, 2.24) is 4.90 Å². The highest BCUT2D eigenvalue weighted by Crippen LogP contribution is 2.53. The lowest BCUT2D eigenvalue weighted by atomic mass is 9.54. The van der Waals surface area contributed by atoms with Gasteiger partial charge in [0.2, 0.25) is 5.91 Å². The van der Waals surface area contributed by atoms with Gasteiger partial charge < -0.3 is 10.3 Å². The third kappa shape index (κ3) is 2.64. The first kappa shape index (κ1) is 19.2. The lowest BCUT2D eigenvalue weighted by Crippen LogP contribution is -2.53. The molecule has 1 heterocycles. The molecule has 1 fully saturated rings. The number of nitrogens with one attached hydrogen (secondary N) is 1. The number of hydrogen-bond donors (Lipinski definition) is 1. The van der Waals surface area contributed by atoms with Crippen LogP contribution in [0.3, 0.4) is 0 Å². The summed E-state index contributed by atoms with van der Waals surface area (Å²) in [6.07, 6.45) is 1.63. The summed E-state index contributed by atoms with van der Waals surface area (Å²) in [6.45, 7) is 1.65. The van der Waals surface area contributed by atoms with Crippen molar-refractivity contribution >= 4 is 11.6 Å². The zero-order chi connectivity index (χ0) is 20.6. The second-order valence-corrected chi connectivity index (χ2v) is 6.89. The lowest BCUT2D eigenvalue weighted by molar-refractivity contribution is -0.129. The number of nitrogens with zero attached hydrogens (tertiary/aromatic N) is 4. The van der Waals surface area contributed by atoms with Gasteiger partial charge in [-0.15, -0.1) is 0 Å². The predicted octanol–water partition coefficient (Wildman–Crippen LogP) is 2.66. The molecule has 1 aromatic rings. The molecular formula is C20H15F2N5O. The molecule has 140 valence electrons. The lowest BCUT2D eigenvalue weighted by Gasteiger charge is -2.47. The molecule has 0 saturated heterocycles. The first-order chi connectivity index (χ1) is 13.3. The van der Waals surface area contributed by atoms with Crippen molar-refractivity contribution in [2.45, 2.75) is 12.8 Å². The molecule has 1 N–H and O–H groups in total. The van der Waals surface area contributed by atoms with Gasteiger partial charge in [-0.2, -0.15) is 15.8 Å². The molecule has 0 spiro atoms. The summed E-state index contributed by atoms with van der Waals surface area (Å²) in [6, 6.07) is 8.44. The van der Waals surface area contributed by atoms with Gasteiger partial charge in [-0.1, -0.05) is 12.1 Å². The van der Waals surface area contributed by atoms with E-state index < -0.39 is 40.5 Å². The van der Waals surface area contributed by atoms with Crippen LogP contribution in [0.25, 0.3) is 0 Å². The molecule has 1 aliphatic heterocycles. The third-order valence-electron chi connectivity index (χ3n) is 5.53. The van der Waals surface area contributed by atoms with Crippen molar-refractivity contribution in [3.63, 3.8) is 0 Å². The molecule has 1 aliphatic carbocycles. The Morgan fingerprint density at radius 2 is 1.96 bits per heavy atom. The van der Waals surface area contributed by atoms with E-state index in [9.17, 15) is 29.4 Å². The van der Waals surface area contributed by atoms with Crippen molar-refractivity contribution in [2.24, 2.45) is 17.3 Å². The number of benzene rings is 1. The Morgan fingerprint density at radius 1 is 1.29 bits per heavy atom. The summed E-state index contributed by atoms with van der Waals surface area (Å²) in [5, 5.41) is 37.7. The molecule has 3 atom stereocenters. The highest BCUT2D eigenvalue weighted by molar-refractivity contribution is 6.01. The van der Waals surface area contributed by atoms with Crippen molar-refractivity contribution in [3.05, 3.63) is 47.0 Å². The standard InChI is InChI=1S/C20H15F2N5O/c1-11(28)27-5-4-13-15(7-23)19(26)20(9-24,10-25)18(16(13)8-27)14-3-2-12(21)6-17(14)22/h2-4,6,15-16,18,26H,5,8H2,1H3/t15?,16-,18+/m0/s1. The molecule has 6 nitrogen and oxygen atoms in total. The molecule has 8 heteroatoms. The molecule has 1 unspecified atom stereocenters. The van der Waals surface area contributed by atoms with E-state index >= 15 is 0 Å². The van der Waals surface area contributed by atoms with Crippen molar-refractivity contribution in [3.8, 4) is 18.2 Å². The maximum Gasteiger partial charge on any atom is 0.219 e. The molecule has 1 aromatic carbocycles. The topological polar surface area (TPSA) is 116 Å². The zero-order valence-corrected chi connectivity index (χ0v) is 14.9. The SMILES string of the molecule is CC(=O)N1CC=C2C(C#N)C(=N)C(C#N)(C#N)[C@H](c3ccc(F)cc3F)[C@H]2C1. The van der Waals surface area contributed by atoms with E-state index in [1.807, 2.05) is 18.2 Å². The van der Waals surface area contributed by atoms with Gasteiger partial charge in [-0.25, -0.2) is 8.78 Å². The second-order valence-electron chi connectivity index (χ2n) is 6.89. The Kier molecular flexibility index (Phi) is 4.71. The second kappa shape index (κ2) is 6.87. The fourth-order valence-electron chi connectivity index (χ4n) is 4.16. The molecule has 28 heavy (non-hydrogen) atoms. The van der Waals surface area contributed by atoms with Crippen molar-refractivity contribution in [1.29, 1.82) is 21.2 Å². The average molecular weight is 379 g/mol. The van der Waals surface area contributed by atoms with Crippen LogP contribution in [0, 0.1) is 68.3 Å². The summed E-state index contributed by atoms with van der Waals surface area (Å²) in [4.78, 5) is 13.3. The van der Waals surface area contributed by atoms with Gasteiger partial charge in [0.1, 0.15) is 17.6 Å². The smallest absolute Gasteiger partial charge is 0.219 e. The van der Waals surface area contributed by atoms with Gasteiger partial charge in [0, 0.05) is 37.9 Å². The van der Waals surface area contributed by atoms with E-state index in [2.05, 4.69) is 0 Å².